The molecule has 0 atom stereocenters. The van der Waals surface area contributed by atoms with Crippen LogP contribution in [-0.2, 0) is 22.4 Å². The second-order valence-corrected chi connectivity index (χ2v) is 3.88. The average Bonchev–Trinajstić information content (AvgIpc) is 2.67. The number of esters is 1. The Labute approximate surface area is 98.6 Å². The number of nitrogens with one attached hydrogen (secondary N) is 1. The van der Waals surface area contributed by atoms with Crippen LogP contribution in [0.3, 0.4) is 0 Å². The summed E-state index contributed by atoms with van der Waals surface area (Å²) in [5, 5.41) is 0.757. The first kappa shape index (κ1) is 11.6. The van der Waals surface area contributed by atoms with Crippen molar-refractivity contribution in [2.75, 3.05) is 7.11 Å². The number of benzene rings is 1. The zero-order valence-corrected chi connectivity index (χ0v) is 9.84. The van der Waals surface area contributed by atoms with Gasteiger partial charge in [-0.15, -0.1) is 0 Å². The number of carbonyl (C=O) groups excluding carboxylic acids is 1. The maximum absolute atomic E-state index is 13.2. The molecule has 0 aliphatic rings. The SMILES string of the molecule is CCc1[nH]c2ccc(F)cc2c1CC(=O)OC. The topological polar surface area (TPSA) is 42.1 Å². The van der Waals surface area contributed by atoms with Crippen molar-refractivity contribution >= 4 is 16.9 Å². The van der Waals surface area contributed by atoms with Crippen LogP contribution in [0.15, 0.2) is 18.2 Å². The van der Waals surface area contributed by atoms with Crippen molar-refractivity contribution in [2.45, 2.75) is 19.8 Å². The number of aromatic amines is 1. The summed E-state index contributed by atoms with van der Waals surface area (Å²) in [6.45, 7) is 1.99. The van der Waals surface area contributed by atoms with Crippen LogP contribution in [0, 0.1) is 5.82 Å². The molecule has 0 unspecified atom stereocenters. The molecule has 1 aromatic carbocycles. The van der Waals surface area contributed by atoms with Crippen molar-refractivity contribution in [3.8, 4) is 0 Å². The maximum Gasteiger partial charge on any atom is 0.310 e. The summed E-state index contributed by atoms with van der Waals surface area (Å²) in [7, 11) is 1.35. The fraction of sp³-hybridized carbons (Fsp3) is 0.308. The first-order chi connectivity index (χ1) is 8.15. The molecule has 2 aromatic rings. The molecule has 4 heteroatoms. The van der Waals surface area contributed by atoms with Gasteiger partial charge in [0.1, 0.15) is 5.82 Å². The van der Waals surface area contributed by atoms with Crippen LogP contribution in [0.1, 0.15) is 18.2 Å². The van der Waals surface area contributed by atoms with Crippen LogP contribution in [-0.4, -0.2) is 18.1 Å². The number of hydrogen-bond donors (Lipinski definition) is 1. The van der Waals surface area contributed by atoms with Gasteiger partial charge in [0, 0.05) is 16.6 Å². The predicted octanol–water partition coefficient (Wildman–Crippen LogP) is 2.58. The molecule has 0 aliphatic heterocycles. The van der Waals surface area contributed by atoms with E-state index in [-0.39, 0.29) is 18.2 Å². The Morgan fingerprint density at radius 3 is 2.88 bits per heavy atom. The summed E-state index contributed by atoms with van der Waals surface area (Å²) in [5.74, 6) is -0.616. The van der Waals surface area contributed by atoms with Crippen molar-refractivity contribution in [1.82, 2.24) is 4.98 Å². The van der Waals surface area contributed by atoms with Gasteiger partial charge in [-0.25, -0.2) is 4.39 Å². The van der Waals surface area contributed by atoms with E-state index in [0.717, 1.165) is 28.6 Å². The van der Waals surface area contributed by atoms with Crippen LogP contribution >= 0.6 is 0 Å². The molecule has 0 spiro atoms. The number of H-pyrrole nitrogens is 1. The molecule has 17 heavy (non-hydrogen) atoms. The summed E-state index contributed by atoms with van der Waals surface area (Å²) < 4.78 is 17.9. The quantitative estimate of drug-likeness (QED) is 0.831. The molecule has 0 saturated carbocycles. The maximum atomic E-state index is 13.2. The highest BCUT2D eigenvalue weighted by molar-refractivity contribution is 5.88. The van der Waals surface area contributed by atoms with Crippen molar-refractivity contribution in [2.24, 2.45) is 0 Å². The first-order valence-electron chi connectivity index (χ1n) is 5.51. The molecule has 90 valence electrons. The number of fused-ring (bicyclic) bond motifs is 1. The van der Waals surface area contributed by atoms with Crippen LogP contribution in [0.2, 0.25) is 0 Å². The first-order valence-corrected chi connectivity index (χ1v) is 5.51. The van der Waals surface area contributed by atoms with Gasteiger partial charge in [-0.1, -0.05) is 6.92 Å². The zero-order valence-electron chi connectivity index (χ0n) is 9.84. The van der Waals surface area contributed by atoms with E-state index in [4.69, 9.17) is 0 Å². The van der Waals surface area contributed by atoms with E-state index in [1.165, 1.54) is 19.2 Å². The highest BCUT2D eigenvalue weighted by Crippen LogP contribution is 2.24. The largest absolute Gasteiger partial charge is 0.469 e. The highest BCUT2D eigenvalue weighted by Gasteiger charge is 2.14. The van der Waals surface area contributed by atoms with E-state index in [1.807, 2.05) is 6.92 Å². The van der Waals surface area contributed by atoms with Crippen molar-refractivity contribution in [3.63, 3.8) is 0 Å². The Bertz CT molecular complexity index is 560. The Morgan fingerprint density at radius 2 is 2.24 bits per heavy atom. The summed E-state index contributed by atoms with van der Waals surface area (Å²) >= 11 is 0. The van der Waals surface area contributed by atoms with Gasteiger partial charge in [0.2, 0.25) is 0 Å². The molecule has 0 fully saturated rings. The minimum absolute atomic E-state index is 0.170. The van der Waals surface area contributed by atoms with E-state index in [9.17, 15) is 9.18 Å². The number of hydrogen-bond acceptors (Lipinski definition) is 2. The minimum Gasteiger partial charge on any atom is -0.469 e. The lowest BCUT2D eigenvalue weighted by Gasteiger charge is -2.01. The number of halogens is 1. The van der Waals surface area contributed by atoms with Gasteiger partial charge >= 0.3 is 5.97 Å². The predicted molar refractivity (Wildman–Crippen MR) is 63.4 cm³/mol. The molecule has 0 amide bonds. The molecule has 2 rings (SSSR count). The second-order valence-electron chi connectivity index (χ2n) is 3.88. The summed E-state index contributed by atoms with van der Waals surface area (Å²) in [5.41, 5.74) is 2.63. The normalized spacial score (nSPS) is 10.8. The average molecular weight is 235 g/mol. The lowest BCUT2D eigenvalue weighted by Crippen LogP contribution is -2.05. The molecular weight excluding hydrogens is 221 g/mol. The van der Waals surface area contributed by atoms with Gasteiger partial charge in [-0.05, 0) is 30.2 Å². The fourth-order valence-electron chi connectivity index (χ4n) is 2.00. The Hall–Kier alpha value is -1.84. The molecule has 0 saturated heterocycles. The van der Waals surface area contributed by atoms with Crippen LogP contribution < -0.4 is 0 Å². The van der Waals surface area contributed by atoms with Gasteiger partial charge in [0.25, 0.3) is 0 Å². The molecule has 1 N–H and O–H groups in total. The standard InChI is InChI=1S/C13H14FNO2/c1-3-11-10(7-13(16)17-2)9-6-8(14)4-5-12(9)15-11/h4-6,15H,3,7H2,1-2H3. The zero-order chi connectivity index (χ0) is 12.4. The third-order valence-corrected chi connectivity index (χ3v) is 2.86. The number of aryl methyl sites for hydroxylation is 1. The van der Waals surface area contributed by atoms with Gasteiger partial charge in [-0.3, -0.25) is 4.79 Å². The summed E-state index contributed by atoms with van der Waals surface area (Å²) in [6, 6.07) is 4.54. The number of aromatic nitrogens is 1. The Morgan fingerprint density at radius 1 is 1.47 bits per heavy atom. The summed E-state index contributed by atoms with van der Waals surface area (Å²) in [6.07, 6.45) is 0.936. The number of carbonyl (C=O) groups is 1. The molecule has 0 aliphatic carbocycles. The molecule has 3 nitrogen and oxygen atoms in total. The highest BCUT2D eigenvalue weighted by atomic mass is 19.1. The van der Waals surface area contributed by atoms with Gasteiger partial charge in [0.05, 0.1) is 13.5 Å². The third kappa shape index (κ3) is 2.16. The second kappa shape index (κ2) is 4.57. The minimum atomic E-state index is -0.315. The van der Waals surface area contributed by atoms with Crippen LogP contribution in [0.5, 0.6) is 0 Å². The monoisotopic (exact) mass is 235 g/mol. The van der Waals surface area contributed by atoms with Crippen molar-refractivity contribution in [1.29, 1.82) is 0 Å². The Kier molecular flexibility index (Phi) is 3.13. The van der Waals surface area contributed by atoms with Gasteiger partial charge in [-0.2, -0.15) is 0 Å². The summed E-state index contributed by atoms with van der Waals surface area (Å²) in [4.78, 5) is 14.5. The smallest absolute Gasteiger partial charge is 0.310 e. The molecule has 1 aromatic heterocycles. The molecule has 1 heterocycles. The van der Waals surface area contributed by atoms with E-state index in [0.29, 0.717) is 0 Å². The number of ether oxygens (including phenoxy) is 1. The van der Waals surface area contributed by atoms with E-state index < -0.39 is 0 Å². The van der Waals surface area contributed by atoms with E-state index >= 15 is 0 Å². The molecule has 0 radical (unpaired) electrons. The Balaban J connectivity index is 2.56. The lowest BCUT2D eigenvalue weighted by molar-refractivity contribution is -0.139. The van der Waals surface area contributed by atoms with Crippen LogP contribution in [0.25, 0.3) is 10.9 Å². The van der Waals surface area contributed by atoms with E-state index in [1.54, 1.807) is 6.07 Å². The number of rotatable bonds is 3. The van der Waals surface area contributed by atoms with Gasteiger partial charge in [0.15, 0.2) is 0 Å². The third-order valence-electron chi connectivity index (χ3n) is 2.86. The van der Waals surface area contributed by atoms with Crippen molar-refractivity contribution < 1.29 is 13.9 Å². The molecule has 0 bridgehead atoms. The van der Waals surface area contributed by atoms with Gasteiger partial charge < -0.3 is 9.72 Å². The van der Waals surface area contributed by atoms with Crippen molar-refractivity contribution in [3.05, 3.63) is 35.3 Å². The number of methoxy groups -OCH3 is 1. The lowest BCUT2D eigenvalue weighted by atomic mass is 10.1. The van der Waals surface area contributed by atoms with E-state index in [2.05, 4.69) is 9.72 Å². The fourth-order valence-corrected chi connectivity index (χ4v) is 2.00. The molecular formula is C13H14FNO2. The van der Waals surface area contributed by atoms with Crippen LogP contribution in [0.4, 0.5) is 4.39 Å².